The van der Waals surface area contributed by atoms with Crippen molar-refractivity contribution >= 4 is 46.8 Å². The number of hydrogen-bond donors (Lipinski definition) is 6. The van der Waals surface area contributed by atoms with Gasteiger partial charge in [0.15, 0.2) is 6.10 Å². The molecule has 0 aliphatic carbocycles. The fourth-order valence-corrected chi connectivity index (χ4v) is 5.47. The summed E-state index contributed by atoms with van der Waals surface area (Å²) in [5.74, 6) is -3.53. The fraction of sp³-hybridized carbons (Fsp3) is 0.382. The third-order valence-corrected chi connectivity index (χ3v) is 8.32. The van der Waals surface area contributed by atoms with Crippen molar-refractivity contribution in [2.24, 2.45) is 0 Å². The summed E-state index contributed by atoms with van der Waals surface area (Å²) in [6.45, 7) is 2.05. The molecule has 3 aromatic rings. The maximum absolute atomic E-state index is 13.6. The Hall–Kier alpha value is -4.64. The van der Waals surface area contributed by atoms with Crippen molar-refractivity contribution in [2.45, 2.75) is 43.4 Å². The Kier molecular flexibility index (Phi) is 13.2. The minimum absolute atomic E-state index is 0.0262. The number of ether oxygens (including phenoxy) is 2. The largest absolute Gasteiger partial charge is 0.479 e. The number of hydrogen-bond acceptors (Lipinski definition) is 11. The van der Waals surface area contributed by atoms with Gasteiger partial charge in [0.05, 0.1) is 22.2 Å². The molecule has 2 unspecified atom stereocenters. The van der Waals surface area contributed by atoms with E-state index < -0.39 is 42.4 Å². The first kappa shape index (κ1) is 38.2. The third-order valence-electron chi connectivity index (χ3n) is 8.10. The molecule has 2 heterocycles. The van der Waals surface area contributed by atoms with Gasteiger partial charge in [0.2, 0.25) is 12.2 Å². The number of carbonyl (C=O) groups is 4. The van der Waals surface area contributed by atoms with E-state index in [-0.39, 0.29) is 40.2 Å². The number of rotatable bonds is 15. The van der Waals surface area contributed by atoms with E-state index in [0.717, 1.165) is 25.6 Å². The zero-order valence-electron chi connectivity index (χ0n) is 27.7. The first-order valence-corrected chi connectivity index (χ1v) is 16.1. The predicted octanol–water partition coefficient (Wildman–Crippen LogP) is 2.03. The van der Waals surface area contributed by atoms with Gasteiger partial charge in [-0.15, -0.1) is 0 Å². The van der Waals surface area contributed by atoms with Crippen molar-refractivity contribution in [2.75, 3.05) is 51.5 Å². The molecule has 1 aromatic heterocycles. The standard InChI is InChI=1S/C34H40ClN5O10/c1-39(2)16-17-40-15-5-7-22(32(40)45)19-9-11-20(12-10-19)30(43)38-26-23(31(44)37-25-14-13-21(35)18-36-25)6-4-8-24(26)50-34(48)28(42)27(41)29(49-3)33(46)47/h4,6,8-14,18,22,27-29,34,41-42,48H,5,7,15-17H2,1-3H3,(H,38,43)(H,46,47)(H,36,37,44)/t22?,27-,28-,29-,34?/m0/s1. The van der Waals surface area contributed by atoms with Crippen LogP contribution in [0.3, 0.4) is 0 Å². The number of likely N-dealkylation sites (tertiary alicyclic amines) is 1. The third kappa shape index (κ3) is 9.53. The highest BCUT2D eigenvalue weighted by Gasteiger charge is 2.37. The van der Waals surface area contributed by atoms with Gasteiger partial charge in [0.1, 0.15) is 23.8 Å². The summed E-state index contributed by atoms with van der Waals surface area (Å²) in [4.78, 5) is 59.5. The Balaban J connectivity index is 1.60. The summed E-state index contributed by atoms with van der Waals surface area (Å²) in [6, 6.07) is 13.5. The Morgan fingerprint density at radius 3 is 2.36 bits per heavy atom. The topological polar surface area (TPSA) is 211 Å². The van der Waals surface area contributed by atoms with Crippen LogP contribution in [0.2, 0.25) is 5.02 Å². The van der Waals surface area contributed by atoms with Gasteiger partial charge < -0.3 is 50.3 Å². The second kappa shape index (κ2) is 17.3. The van der Waals surface area contributed by atoms with Crippen molar-refractivity contribution in [3.63, 3.8) is 0 Å². The lowest BCUT2D eigenvalue weighted by molar-refractivity contribution is -0.184. The summed E-state index contributed by atoms with van der Waals surface area (Å²) in [7, 11) is 4.89. The van der Waals surface area contributed by atoms with Gasteiger partial charge in [-0.2, -0.15) is 0 Å². The number of aliphatic hydroxyl groups excluding tert-OH is 3. The van der Waals surface area contributed by atoms with Gasteiger partial charge in [-0.3, -0.25) is 14.4 Å². The van der Waals surface area contributed by atoms with Crippen LogP contribution in [0.25, 0.3) is 0 Å². The molecule has 1 saturated heterocycles. The van der Waals surface area contributed by atoms with Crippen LogP contribution >= 0.6 is 11.6 Å². The molecule has 1 fully saturated rings. The fourth-order valence-electron chi connectivity index (χ4n) is 5.36. The van der Waals surface area contributed by atoms with Crippen LogP contribution in [0.1, 0.15) is 45.0 Å². The lowest BCUT2D eigenvalue weighted by atomic mass is 9.89. The maximum atomic E-state index is 13.6. The molecular weight excluding hydrogens is 674 g/mol. The molecule has 0 bridgehead atoms. The van der Waals surface area contributed by atoms with Crippen molar-refractivity contribution in [1.82, 2.24) is 14.8 Å². The van der Waals surface area contributed by atoms with Crippen molar-refractivity contribution in [1.29, 1.82) is 0 Å². The van der Waals surface area contributed by atoms with E-state index in [1.54, 1.807) is 24.3 Å². The molecular formula is C34H40ClN5O10. The van der Waals surface area contributed by atoms with Gasteiger partial charge in [0.25, 0.3) is 11.8 Å². The van der Waals surface area contributed by atoms with Crippen molar-refractivity contribution in [3.05, 3.63) is 82.5 Å². The summed E-state index contributed by atoms with van der Waals surface area (Å²) >= 11 is 5.90. The average molecular weight is 714 g/mol. The van der Waals surface area contributed by atoms with Gasteiger partial charge in [-0.05, 0) is 68.9 Å². The van der Waals surface area contributed by atoms with Crippen LogP contribution in [0.5, 0.6) is 5.75 Å². The first-order valence-electron chi connectivity index (χ1n) is 15.7. The van der Waals surface area contributed by atoms with Gasteiger partial charge >= 0.3 is 5.97 Å². The van der Waals surface area contributed by atoms with E-state index >= 15 is 0 Å². The normalized spacial score (nSPS) is 17.1. The molecule has 1 aliphatic rings. The molecule has 3 amide bonds. The van der Waals surface area contributed by atoms with E-state index in [1.165, 1.54) is 36.5 Å². The highest BCUT2D eigenvalue weighted by Crippen LogP contribution is 2.32. The lowest BCUT2D eigenvalue weighted by Gasteiger charge is -2.33. The molecule has 2 aromatic carbocycles. The number of anilines is 2. The second-order valence-electron chi connectivity index (χ2n) is 11.9. The molecule has 0 radical (unpaired) electrons. The number of halogens is 1. The number of benzene rings is 2. The molecule has 16 heteroatoms. The van der Waals surface area contributed by atoms with Crippen LogP contribution < -0.4 is 15.4 Å². The van der Waals surface area contributed by atoms with E-state index in [2.05, 4.69) is 20.4 Å². The minimum Gasteiger partial charge on any atom is -0.479 e. The number of aliphatic carboxylic acids is 1. The number of carbonyl (C=O) groups excluding carboxylic acids is 3. The molecule has 15 nitrogen and oxygen atoms in total. The van der Waals surface area contributed by atoms with Crippen LogP contribution in [0.15, 0.2) is 60.8 Å². The lowest BCUT2D eigenvalue weighted by Crippen LogP contribution is -2.50. The van der Waals surface area contributed by atoms with Gasteiger partial charge in [-0.1, -0.05) is 29.8 Å². The van der Waals surface area contributed by atoms with Gasteiger partial charge in [0, 0.05) is 38.5 Å². The number of nitrogens with zero attached hydrogens (tertiary/aromatic N) is 3. The molecule has 4 rings (SSSR count). The number of nitrogens with one attached hydrogen (secondary N) is 2. The molecule has 50 heavy (non-hydrogen) atoms. The maximum Gasteiger partial charge on any atom is 0.335 e. The molecule has 0 spiro atoms. The molecule has 0 saturated carbocycles. The van der Waals surface area contributed by atoms with E-state index in [9.17, 15) is 39.6 Å². The number of piperidine rings is 1. The second-order valence-corrected chi connectivity index (χ2v) is 12.3. The van der Waals surface area contributed by atoms with Crippen LogP contribution in [-0.4, -0.2) is 124 Å². The number of para-hydroxylation sites is 1. The minimum atomic E-state index is -2.24. The molecule has 6 N–H and O–H groups in total. The number of aliphatic hydroxyl groups is 3. The number of aromatic nitrogens is 1. The number of carboxylic acids is 1. The van der Waals surface area contributed by atoms with Crippen LogP contribution in [0, 0.1) is 0 Å². The monoisotopic (exact) mass is 713 g/mol. The summed E-state index contributed by atoms with van der Waals surface area (Å²) in [6.07, 6.45) is -5.61. The smallest absolute Gasteiger partial charge is 0.335 e. The Bertz CT molecular complexity index is 1660. The quantitative estimate of drug-likeness (QED) is 0.125. The summed E-state index contributed by atoms with van der Waals surface area (Å²) < 4.78 is 10.2. The van der Waals surface area contributed by atoms with Crippen LogP contribution in [-0.2, 0) is 14.3 Å². The average Bonchev–Trinajstić information content (AvgIpc) is 3.09. The number of carboxylic acid groups (broad SMARTS) is 1. The number of methoxy groups -OCH3 is 1. The van der Waals surface area contributed by atoms with E-state index in [0.29, 0.717) is 24.5 Å². The Morgan fingerprint density at radius 1 is 1.02 bits per heavy atom. The first-order chi connectivity index (χ1) is 23.8. The molecule has 1 aliphatic heterocycles. The number of likely N-dealkylation sites (N-methyl/N-ethyl adjacent to an activating group) is 1. The van der Waals surface area contributed by atoms with Gasteiger partial charge in [-0.25, -0.2) is 9.78 Å². The number of pyridine rings is 1. The van der Waals surface area contributed by atoms with Crippen molar-refractivity contribution < 1.29 is 49.1 Å². The zero-order chi connectivity index (χ0) is 36.5. The summed E-state index contributed by atoms with van der Waals surface area (Å²) in [5.41, 5.74) is 0.556. The predicted molar refractivity (Wildman–Crippen MR) is 182 cm³/mol. The van der Waals surface area contributed by atoms with E-state index in [4.69, 9.17) is 16.3 Å². The van der Waals surface area contributed by atoms with Crippen molar-refractivity contribution in [3.8, 4) is 5.75 Å². The SMILES string of the molecule is CO[C@H](C(=O)O)[C@@H](O)[C@H](O)C(O)Oc1cccc(C(=O)Nc2ccc(Cl)cn2)c1NC(=O)c1ccc(C2CCCN(CCN(C)C)C2=O)cc1. The Labute approximate surface area is 293 Å². The van der Waals surface area contributed by atoms with E-state index in [1.807, 2.05) is 23.9 Å². The molecule has 5 atom stereocenters. The summed E-state index contributed by atoms with van der Waals surface area (Å²) in [5, 5.41) is 46.2. The number of amides is 3. The highest BCUT2D eigenvalue weighted by molar-refractivity contribution is 6.30. The Morgan fingerprint density at radius 2 is 1.74 bits per heavy atom. The van der Waals surface area contributed by atoms with Crippen LogP contribution in [0.4, 0.5) is 11.5 Å². The zero-order valence-corrected chi connectivity index (χ0v) is 28.4. The highest BCUT2D eigenvalue weighted by atomic mass is 35.5. The molecule has 268 valence electrons.